The second-order valence-electron chi connectivity index (χ2n) is 4.89. The highest BCUT2D eigenvalue weighted by Gasteiger charge is 2.13. The van der Waals surface area contributed by atoms with Gasteiger partial charge >= 0.3 is 0 Å². The maximum absolute atomic E-state index is 11.8. The van der Waals surface area contributed by atoms with Gasteiger partial charge in [0.25, 0.3) is 0 Å². The number of hydrogen-bond donors (Lipinski definition) is 2. The van der Waals surface area contributed by atoms with Crippen LogP contribution < -0.4 is 10.0 Å². The molecule has 1 unspecified atom stereocenters. The minimum Gasteiger partial charge on any atom is -0.317 e. The molecule has 0 saturated heterocycles. The fourth-order valence-corrected chi connectivity index (χ4v) is 3.28. The van der Waals surface area contributed by atoms with E-state index in [-0.39, 0.29) is 11.8 Å². The number of hydrogen-bond acceptors (Lipinski definition) is 3. The van der Waals surface area contributed by atoms with Gasteiger partial charge in [0, 0.05) is 6.04 Å². The molecule has 5 heteroatoms. The van der Waals surface area contributed by atoms with Crippen LogP contribution in [0.4, 0.5) is 0 Å². The van der Waals surface area contributed by atoms with Gasteiger partial charge in [0.2, 0.25) is 10.0 Å². The summed E-state index contributed by atoms with van der Waals surface area (Å²) in [5, 5.41) is 3.19. The molecule has 0 heterocycles. The highest BCUT2D eigenvalue weighted by atomic mass is 32.2. The van der Waals surface area contributed by atoms with Crippen molar-refractivity contribution in [3.8, 4) is 0 Å². The molecule has 0 aromatic rings. The fraction of sp³-hybridized carbons (Fsp3) is 1.00. The maximum Gasteiger partial charge on any atom is 0.211 e. The van der Waals surface area contributed by atoms with Crippen molar-refractivity contribution in [2.24, 2.45) is 0 Å². The van der Waals surface area contributed by atoms with Crippen molar-refractivity contribution in [3.63, 3.8) is 0 Å². The van der Waals surface area contributed by atoms with Crippen molar-refractivity contribution in [2.75, 3.05) is 18.8 Å². The summed E-state index contributed by atoms with van der Waals surface area (Å²) in [4.78, 5) is 0. The highest BCUT2D eigenvalue weighted by molar-refractivity contribution is 7.89. The Morgan fingerprint density at radius 3 is 2.39 bits per heavy atom. The van der Waals surface area contributed by atoms with Crippen LogP contribution in [-0.2, 0) is 10.0 Å². The first-order chi connectivity index (χ1) is 8.52. The molecule has 0 fully saturated rings. The van der Waals surface area contributed by atoms with Gasteiger partial charge in [-0.05, 0) is 39.3 Å². The zero-order chi connectivity index (χ0) is 13.9. The quantitative estimate of drug-likeness (QED) is 0.538. The van der Waals surface area contributed by atoms with Crippen molar-refractivity contribution in [1.82, 2.24) is 10.0 Å². The van der Waals surface area contributed by atoms with Crippen LogP contribution in [0.25, 0.3) is 0 Å². The average molecular weight is 278 g/mol. The third kappa shape index (κ3) is 11.0. The molecule has 0 aromatic carbocycles. The van der Waals surface area contributed by atoms with E-state index in [1.807, 2.05) is 6.92 Å². The highest BCUT2D eigenvalue weighted by Crippen LogP contribution is 2.04. The van der Waals surface area contributed by atoms with E-state index < -0.39 is 10.0 Å². The molecule has 0 aliphatic carbocycles. The third-order valence-corrected chi connectivity index (χ3v) is 4.48. The standard InChI is InChI=1S/C13H30N2O2S/c1-4-6-7-10-13(3)15-18(16,17)12-9-8-11-14-5-2/h13-15H,4-12H2,1-3H3. The first-order valence-electron chi connectivity index (χ1n) is 7.22. The van der Waals surface area contributed by atoms with E-state index >= 15 is 0 Å². The van der Waals surface area contributed by atoms with Gasteiger partial charge in [0.15, 0.2) is 0 Å². The predicted octanol–water partition coefficient (Wildman–Crippen LogP) is 2.26. The van der Waals surface area contributed by atoms with E-state index in [9.17, 15) is 8.42 Å². The summed E-state index contributed by atoms with van der Waals surface area (Å²) in [5.41, 5.74) is 0. The van der Waals surface area contributed by atoms with Crippen LogP contribution in [0, 0.1) is 0 Å². The molecule has 0 spiro atoms. The molecule has 1 atom stereocenters. The molecule has 18 heavy (non-hydrogen) atoms. The smallest absolute Gasteiger partial charge is 0.211 e. The molecular formula is C13H30N2O2S. The van der Waals surface area contributed by atoms with Gasteiger partial charge in [0.1, 0.15) is 0 Å². The van der Waals surface area contributed by atoms with Gasteiger partial charge in [-0.3, -0.25) is 0 Å². The molecule has 0 radical (unpaired) electrons. The van der Waals surface area contributed by atoms with E-state index in [0.29, 0.717) is 0 Å². The van der Waals surface area contributed by atoms with Crippen LogP contribution in [0.1, 0.15) is 59.3 Å². The van der Waals surface area contributed by atoms with Gasteiger partial charge in [-0.25, -0.2) is 13.1 Å². The Kier molecular flexibility index (Phi) is 10.7. The molecule has 0 saturated carbocycles. The van der Waals surface area contributed by atoms with E-state index in [1.165, 1.54) is 12.8 Å². The summed E-state index contributed by atoms with van der Waals surface area (Å²) in [6.45, 7) is 8.00. The molecule has 0 aliphatic rings. The van der Waals surface area contributed by atoms with Crippen LogP contribution in [0.2, 0.25) is 0 Å². The van der Waals surface area contributed by atoms with E-state index in [2.05, 4.69) is 23.9 Å². The normalized spacial score (nSPS) is 13.7. The summed E-state index contributed by atoms with van der Waals surface area (Å²) < 4.78 is 26.3. The summed E-state index contributed by atoms with van der Waals surface area (Å²) in [6.07, 6.45) is 6.02. The molecule has 0 amide bonds. The van der Waals surface area contributed by atoms with Crippen molar-refractivity contribution in [3.05, 3.63) is 0 Å². The van der Waals surface area contributed by atoms with Crippen molar-refractivity contribution in [1.29, 1.82) is 0 Å². The second kappa shape index (κ2) is 10.8. The zero-order valence-corrected chi connectivity index (χ0v) is 13.0. The molecule has 0 aliphatic heterocycles. The van der Waals surface area contributed by atoms with Crippen molar-refractivity contribution < 1.29 is 8.42 Å². The largest absolute Gasteiger partial charge is 0.317 e. The van der Waals surface area contributed by atoms with Crippen LogP contribution in [0.3, 0.4) is 0 Å². The molecule has 2 N–H and O–H groups in total. The average Bonchev–Trinajstić information content (AvgIpc) is 2.28. The molecule has 0 bridgehead atoms. The van der Waals surface area contributed by atoms with Gasteiger partial charge in [-0.15, -0.1) is 0 Å². The van der Waals surface area contributed by atoms with Crippen LogP contribution >= 0.6 is 0 Å². The SMILES string of the molecule is CCCCCC(C)NS(=O)(=O)CCCCNCC. The number of unbranched alkanes of at least 4 members (excludes halogenated alkanes) is 3. The van der Waals surface area contributed by atoms with Gasteiger partial charge in [-0.2, -0.15) is 0 Å². The molecular weight excluding hydrogens is 248 g/mol. The predicted molar refractivity (Wildman–Crippen MR) is 78.3 cm³/mol. The lowest BCUT2D eigenvalue weighted by molar-refractivity contribution is 0.524. The van der Waals surface area contributed by atoms with Gasteiger partial charge < -0.3 is 5.32 Å². The number of sulfonamides is 1. The lowest BCUT2D eigenvalue weighted by atomic mass is 10.1. The Balaban J connectivity index is 3.71. The topological polar surface area (TPSA) is 58.2 Å². The van der Waals surface area contributed by atoms with E-state index in [4.69, 9.17) is 0 Å². The third-order valence-electron chi connectivity index (χ3n) is 2.89. The summed E-state index contributed by atoms with van der Waals surface area (Å²) >= 11 is 0. The van der Waals surface area contributed by atoms with Crippen LogP contribution in [-0.4, -0.2) is 33.3 Å². The lowest BCUT2D eigenvalue weighted by Gasteiger charge is -2.13. The molecule has 110 valence electrons. The molecule has 0 rings (SSSR count). The van der Waals surface area contributed by atoms with Crippen molar-refractivity contribution in [2.45, 2.75) is 65.3 Å². The Labute approximate surface area is 113 Å². The van der Waals surface area contributed by atoms with Gasteiger partial charge in [0.05, 0.1) is 5.75 Å². The summed E-state index contributed by atoms with van der Waals surface area (Å²) in [5.74, 6) is 0.247. The monoisotopic (exact) mass is 278 g/mol. The number of nitrogens with one attached hydrogen (secondary N) is 2. The van der Waals surface area contributed by atoms with E-state index in [0.717, 1.165) is 38.8 Å². The summed E-state index contributed by atoms with van der Waals surface area (Å²) in [7, 11) is -3.08. The minimum absolute atomic E-state index is 0.0651. The van der Waals surface area contributed by atoms with Gasteiger partial charge in [-0.1, -0.05) is 33.1 Å². The van der Waals surface area contributed by atoms with Crippen LogP contribution in [0.5, 0.6) is 0 Å². The Hall–Kier alpha value is -0.130. The van der Waals surface area contributed by atoms with E-state index in [1.54, 1.807) is 0 Å². The Morgan fingerprint density at radius 2 is 1.78 bits per heavy atom. The van der Waals surface area contributed by atoms with Crippen LogP contribution in [0.15, 0.2) is 0 Å². The maximum atomic E-state index is 11.8. The lowest BCUT2D eigenvalue weighted by Crippen LogP contribution is -2.34. The fourth-order valence-electron chi connectivity index (χ4n) is 1.84. The van der Waals surface area contributed by atoms with Crippen molar-refractivity contribution >= 4 is 10.0 Å². The number of rotatable bonds is 12. The second-order valence-corrected chi connectivity index (χ2v) is 6.77. The Bertz CT molecular complexity index is 279. The first kappa shape index (κ1) is 17.9. The summed E-state index contributed by atoms with van der Waals surface area (Å²) in [6, 6.07) is 0.0651. The Morgan fingerprint density at radius 1 is 1.06 bits per heavy atom. The zero-order valence-electron chi connectivity index (χ0n) is 12.2. The molecule has 0 aromatic heterocycles. The minimum atomic E-state index is -3.08. The molecule has 4 nitrogen and oxygen atoms in total. The first-order valence-corrected chi connectivity index (χ1v) is 8.87.